The van der Waals surface area contributed by atoms with Crippen molar-refractivity contribution < 1.29 is 14.7 Å². The van der Waals surface area contributed by atoms with Gasteiger partial charge in [-0.15, -0.1) is 0 Å². The first kappa shape index (κ1) is 18.6. The third-order valence-corrected chi connectivity index (χ3v) is 4.80. The highest BCUT2D eigenvalue weighted by Crippen LogP contribution is 2.43. The number of carboxylic acid groups (broad SMARTS) is 1. The molecule has 7 heteroatoms. The Bertz CT molecular complexity index is 1060. The Hall–Kier alpha value is -3.74. The van der Waals surface area contributed by atoms with Gasteiger partial charge in [-0.05, 0) is 55.7 Å². The summed E-state index contributed by atoms with van der Waals surface area (Å²) in [5, 5.41) is 11.4. The third kappa shape index (κ3) is 3.80. The van der Waals surface area contributed by atoms with Crippen LogP contribution in [0.1, 0.15) is 39.1 Å². The minimum absolute atomic E-state index is 0.117. The van der Waals surface area contributed by atoms with Crippen molar-refractivity contribution in [2.45, 2.75) is 25.8 Å². The van der Waals surface area contributed by atoms with E-state index in [4.69, 9.17) is 5.11 Å². The second kappa shape index (κ2) is 7.71. The molecule has 3 aromatic rings. The molecule has 0 saturated heterocycles. The van der Waals surface area contributed by atoms with Gasteiger partial charge in [-0.2, -0.15) is 0 Å². The van der Waals surface area contributed by atoms with E-state index in [1.54, 1.807) is 48.8 Å². The summed E-state index contributed by atoms with van der Waals surface area (Å²) in [5.41, 5.74) is 2.75. The monoisotopic (exact) mass is 388 g/mol. The molecule has 0 spiro atoms. The van der Waals surface area contributed by atoms with E-state index < -0.39 is 5.97 Å². The molecule has 29 heavy (non-hydrogen) atoms. The summed E-state index contributed by atoms with van der Waals surface area (Å²) < 4.78 is 0. The number of carboxylic acids is 1. The van der Waals surface area contributed by atoms with Gasteiger partial charge in [0.15, 0.2) is 5.82 Å². The van der Waals surface area contributed by atoms with Crippen molar-refractivity contribution in [2.24, 2.45) is 0 Å². The van der Waals surface area contributed by atoms with E-state index in [9.17, 15) is 9.59 Å². The Morgan fingerprint density at radius 3 is 2.41 bits per heavy atom. The van der Waals surface area contributed by atoms with Crippen LogP contribution < -0.4 is 10.2 Å². The van der Waals surface area contributed by atoms with Gasteiger partial charge >= 0.3 is 5.97 Å². The summed E-state index contributed by atoms with van der Waals surface area (Å²) >= 11 is 0. The molecular weight excluding hydrogens is 368 g/mol. The predicted molar refractivity (Wildman–Crippen MR) is 110 cm³/mol. The van der Waals surface area contributed by atoms with Gasteiger partial charge in [0.25, 0.3) is 5.91 Å². The van der Waals surface area contributed by atoms with Crippen molar-refractivity contribution in [3.63, 3.8) is 0 Å². The van der Waals surface area contributed by atoms with E-state index in [1.165, 1.54) is 0 Å². The van der Waals surface area contributed by atoms with E-state index >= 15 is 0 Å². The topological polar surface area (TPSA) is 95.4 Å². The fourth-order valence-corrected chi connectivity index (χ4v) is 3.19. The molecular formula is C22H20N4O3. The van der Waals surface area contributed by atoms with E-state index in [0.29, 0.717) is 23.0 Å². The molecule has 7 nitrogen and oxygen atoms in total. The van der Waals surface area contributed by atoms with Crippen molar-refractivity contribution in [1.29, 1.82) is 0 Å². The number of nitrogens with zero attached hydrogens (tertiary/aromatic N) is 3. The number of nitrogens with one attached hydrogen (secondary N) is 1. The molecule has 1 amide bonds. The van der Waals surface area contributed by atoms with Gasteiger partial charge in [0.2, 0.25) is 0 Å². The molecule has 0 unspecified atom stereocenters. The molecule has 1 aliphatic carbocycles. The third-order valence-electron chi connectivity index (χ3n) is 4.80. The van der Waals surface area contributed by atoms with Crippen molar-refractivity contribution in [2.75, 3.05) is 10.2 Å². The SMILES string of the molecule is Cc1ccnc2c1NC(=O)c1cccnc1N2C1CC1.O=C(O)c1ccccc1. The second-order valence-electron chi connectivity index (χ2n) is 6.93. The highest BCUT2D eigenvalue weighted by atomic mass is 16.4. The molecule has 2 aromatic heterocycles. The van der Waals surface area contributed by atoms with Gasteiger partial charge in [-0.3, -0.25) is 4.79 Å². The summed E-state index contributed by atoms with van der Waals surface area (Å²) in [7, 11) is 0. The molecule has 1 aliphatic heterocycles. The van der Waals surface area contributed by atoms with Crippen LogP contribution in [0, 0.1) is 6.92 Å². The van der Waals surface area contributed by atoms with E-state index in [0.717, 1.165) is 29.9 Å². The van der Waals surface area contributed by atoms with Crippen LogP contribution in [-0.4, -0.2) is 33.0 Å². The number of hydrogen-bond donors (Lipinski definition) is 2. The molecule has 1 fully saturated rings. The van der Waals surface area contributed by atoms with Crippen molar-refractivity contribution >= 4 is 29.2 Å². The van der Waals surface area contributed by atoms with E-state index in [1.807, 2.05) is 19.1 Å². The molecule has 0 bridgehead atoms. The number of carbonyl (C=O) groups is 2. The zero-order chi connectivity index (χ0) is 20.4. The zero-order valence-corrected chi connectivity index (χ0v) is 15.9. The first-order valence-corrected chi connectivity index (χ1v) is 9.36. The summed E-state index contributed by atoms with van der Waals surface area (Å²) in [6.07, 6.45) is 5.73. The number of anilines is 3. The van der Waals surface area contributed by atoms with Gasteiger partial charge in [0.1, 0.15) is 5.82 Å². The summed E-state index contributed by atoms with van der Waals surface area (Å²) in [5.74, 6) is 0.520. The summed E-state index contributed by atoms with van der Waals surface area (Å²) in [4.78, 5) is 33.6. The minimum atomic E-state index is -0.879. The molecule has 1 aromatic carbocycles. The second-order valence-corrected chi connectivity index (χ2v) is 6.93. The minimum Gasteiger partial charge on any atom is -0.478 e. The van der Waals surface area contributed by atoms with Crippen LogP contribution in [0.15, 0.2) is 60.9 Å². The molecule has 146 valence electrons. The average molecular weight is 388 g/mol. The quantitative estimate of drug-likeness (QED) is 0.688. The first-order chi connectivity index (χ1) is 14.1. The largest absolute Gasteiger partial charge is 0.478 e. The number of aryl methyl sites for hydroxylation is 1. The van der Waals surface area contributed by atoms with Crippen LogP contribution in [-0.2, 0) is 0 Å². The Morgan fingerprint density at radius 2 is 1.76 bits per heavy atom. The van der Waals surface area contributed by atoms with Crippen LogP contribution in [0.25, 0.3) is 0 Å². The van der Waals surface area contributed by atoms with Crippen LogP contribution in [0.4, 0.5) is 17.3 Å². The number of aromatic carboxylic acids is 1. The van der Waals surface area contributed by atoms with Gasteiger partial charge in [-0.25, -0.2) is 14.8 Å². The van der Waals surface area contributed by atoms with Crippen LogP contribution >= 0.6 is 0 Å². The number of amides is 1. The van der Waals surface area contributed by atoms with Crippen molar-refractivity contribution in [1.82, 2.24) is 9.97 Å². The van der Waals surface area contributed by atoms with Gasteiger partial charge in [0.05, 0.1) is 16.8 Å². The summed E-state index contributed by atoms with van der Waals surface area (Å²) in [6, 6.07) is 14.2. The lowest BCUT2D eigenvalue weighted by molar-refractivity contribution is 0.0696. The fraction of sp³-hybridized carbons (Fsp3) is 0.182. The maximum Gasteiger partial charge on any atom is 0.335 e. The average Bonchev–Trinajstić information content (AvgIpc) is 3.57. The number of fused-ring (bicyclic) bond motifs is 2. The first-order valence-electron chi connectivity index (χ1n) is 9.36. The van der Waals surface area contributed by atoms with Crippen molar-refractivity contribution in [3.05, 3.63) is 77.6 Å². The van der Waals surface area contributed by atoms with Crippen LogP contribution in [0.2, 0.25) is 0 Å². The van der Waals surface area contributed by atoms with E-state index in [-0.39, 0.29) is 5.91 Å². The summed E-state index contributed by atoms with van der Waals surface area (Å²) in [6.45, 7) is 1.98. The normalized spacial score (nSPS) is 14.5. The lowest BCUT2D eigenvalue weighted by Crippen LogP contribution is -2.22. The Kier molecular flexibility index (Phi) is 4.95. The molecule has 5 rings (SSSR count). The molecule has 1 saturated carbocycles. The molecule has 0 atom stereocenters. The maximum absolute atomic E-state index is 12.4. The molecule has 2 N–H and O–H groups in total. The Labute approximate surface area is 168 Å². The van der Waals surface area contributed by atoms with Crippen LogP contribution in [0.3, 0.4) is 0 Å². The van der Waals surface area contributed by atoms with Gasteiger partial charge in [0, 0.05) is 18.4 Å². The van der Waals surface area contributed by atoms with Crippen LogP contribution in [0.5, 0.6) is 0 Å². The number of benzene rings is 1. The molecule has 0 radical (unpaired) electrons. The number of hydrogen-bond acceptors (Lipinski definition) is 5. The zero-order valence-electron chi connectivity index (χ0n) is 15.9. The lowest BCUT2D eigenvalue weighted by Gasteiger charge is -2.23. The number of aromatic nitrogens is 2. The molecule has 3 heterocycles. The smallest absolute Gasteiger partial charge is 0.335 e. The van der Waals surface area contributed by atoms with Gasteiger partial charge < -0.3 is 15.3 Å². The maximum atomic E-state index is 12.4. The van der Waals surface area contributed by atoms with Crippen molar-refractivity contribution in [3.8, 4) is 0 Å². The number of carbonyl (C=O) groups excluding carboxylic acids is 1. The Balaban J connectivity index is 0.000000192. The standard InChI is InChI=1S/C15H14N4O.C7H6O2/c1-9-6-8-17-14-12(9)18-15(20)11-3-2-7-16-13(11)19(14)10-4-5-10;8-7(9)6-4-2-1-3-5-6/h2-3,6-8,10H,4-5H2,1H3,(H,18,20);1-5H,(H,8,9). The highest BCUT2D eigenvalue weighted by molar-refractivity contribution is 6.11. The lowest BCUT2D eigenvalue weighted by atomic mass is 10.2. The van der Waals surface area contributed by atoms with E-state index in [2.05, 4.69) is 20.2 Å². The molecule has 2 aliphatic rings. The number of pyridine rings is 2. The Morgan fingerprint density at radius 1 is 1.03 bits per heavy atom. The number of rotatable bonds is 2. The van der Waals surface area contributed by atoms with Gasteiger partial charge in [-0.1, -0.05) is 18.2 Å². The predicted octanol–water partition coefficient (Wildman–Crippen LogP) is 4.04. The highest BCUT2D eigenvalue weighted by Gasteiger charge is 2.37. The fourth-order valence-electron chi connectivity index (χ4n) is 3.19.